The van der Waals surface area contributed by atoms with Crippen molar-refractivity contribution in [2.24, 2.45) is 0 Å². The van der Waals surface area contributed by atoms with Gasteiger partial charge >= 0.3 is 0 Å². The Hall–Kier alpha value is -1.89. The summed E-state index contributed by atoms with van der Waals surface area (Å²) in [6.45, 7) is 4.55. The van der Waals surface area contributed by atoms with Crippen molar-refractivity contribution in [3.05, 3.63) is 46.6 Å². The summed E-state index contributed by atoms with van der Waals surface area (Å²) < 4.78 is 1.88. The Bertz CT molecular complexity index is 934. The number of nitrogens with zero attached hydrogens (tertiary/aromatic N) is 4. The lowest BCUT2D eigenvalue weighted by Gasteiger charge is -2.37. The molecule has 3 aromatic rings. The van der Waals surface area contributed by atoms with Gasteiger partial charge in [0.15, 0.2) is 4.96 Å². The van der Waals surface area contributed by atoms with Crippen molar-refractivity contribution in [1.29, 1.82) is 0 Å². The zero-order valence-electron chi connectivity index (χ0n) is 14.1. The van der Waals surface area contributed by atoms with Crippen molar-refractivity contribution in [3.63, 3.8) is 0 Å². The number of thiazole rings is 1. The van der Waals surface area contributed by atoms with Gasteiger partial charge in [0.25, 0.3) is 5.91 Å². The lowest BCUT2D eigenvalue weighted by molar-refractivity contribution is 0.0566. The third-order valence-corrected chi connectivity index (χ3v) is 5.99. The Morgan fingerprint density at radius 2 is 2.12 bits per heavy atom. The number of halogens is 1. The number of piperazine rings is 1. The number of benzene rings is 1. The summed E-state index contributed by atoms with van der Waals surface area (Å²) >= 11 is 7.76. The molecule has 0 N–H and O–H groups in total. The van der Waals surface area contributed by atoms with E-state index in [4.69, 9.17) is 11.6 Å². The number of hydrogen-bond donors (Lipinski definition) is 0. The lowest BCUT2D eigenvalue weighted by Crippen LogP contribution is -2.52. The highest BCUT2D eigenvalue weighted by Gasteiger charge is 2.27. The second-order valence-corrected chi connectivity index (χ2v) is 7.70. The molecule has 1 aliphatic rings. The number of hydrogen-bond acceptors (Lipinski definition) is 4. The van der Waals surface area contributed by atoms with Gasteiger partial charge in [-0.15, -0.1) is 11.3 Å². The molecule has 1 atom stereocenters. The average Bonchev–Trinajstić information content (AvgIpc) is 3.17. The summed E-state index contributed by atoms with van der Waals surface area (Å²) in [5.74, 6) is 0.0642. The molecule has 0 radical (unpaired) electrons. The highest BCUT2D eigenvalue weighted by Crippen LogP contribution is 2.29. The van der Waals surface area contributed by atoms with Crippen LogP contribution in [0, 0.1) is 0 Å². The minimum absolute atomic E-state index is 0.0642. The fourth-order valence-corrected chi connectivity index (χ4v) is 4.21. The normalized spacial score (nSPS) is 18.8. The second-order valence-electron chi connectivity index (χ2n) is 6.46. The fraction of sp³-hybridized carbons (Fsp3) is 0.333. The molecule has 1 saturated heterocycles. The van der Waals surface area contributed by atoms with E-state index in [1.165, 1.54) is 11.3 Å². The molecule has 7 heteroatoms. The predicted octanol–water partition coefficient (Wildman–Crippen LogP) is 3.49. The zero-order chi connectivity index (χ0) is 17.6. The SMILES string of the molecule is C[C@H]1CN(C(=O)c2csc3nc(-c4ccccc4Cl)cn23)CCN1C. The Labute approximate surface area is 155 Å². The Morgan fingerprint density at radius 3 is 2.88 bits per heavy atom. The molecule has 2 aromatic heterocycles. The van der Waals surface area contributed by atoms with Crippen LogP contribution >= 0.6 is 22.9 Å². The van der Waals surface area contributed by atoms with Crippen molar-refractivity contribution in [3.8, 4) is 11.3 Å². The average molecular weight is 375 g/mol. The van der Waals surface area contributed by atoms with E-state index >= 15 is 0 Å². The third kappa shape index (κ3) is 2.94. The van der Waals surface area contributed by atoms with Gasteiger partial charge in [-0.2, -0.15) is 0 Å². The van der Waals surface area contributed by atoms with Gasteiger partial charge in [-0.1, -0.05) is 29.8 Å². The van der Waals surface area contributed by atoms with E-state index in [0.29, 0.717) is 16.8 Å². The first-order valence-corrected chi connectivity index (χ1v) is 9.51. The van der Waals surface area contributed by atoms with Gasteiger partial charge in [0.05, 0.1) is 10.7 Å². The summed E-state index contributed by atoms with van der Waals surface area (Å²) in [6, 6.07) is 7.99. The molecule has 1 aliphatic heterocycles. The first-order chi connectivity index (χ1) is 12.0. The molecule has 0 saturated carbocycles. The number of carbonyl (C=O) groups is 1. The molecule has 0 unspecified atom stereocenters. The molecule has 0 bridgehead atoms. The Balaban J connectivity index is 1.67. The van der Waals surface area contributed by atoms with E-state index in [1.807, 2.05) is 45.1 Å². The molecule has 1 fully saturated rings. The molecule has 3 heterocycles. The number of likely N-dealkylation sites (N-methyl/N-ethyl adjacent to an activating group) is 1. The maximum Gasteiger partial charge on any atom is 0.271 e. The van der Waals surface area contributed by atoms with Crippen LogP contribution in [0.2, 0.25) is 5.02 Å². The molecule has 0 aliphatic carbocycles. The predicted molar refractivity (Wildman–Crippen MR) is 102 cm³/mol. The maximum atomic E-state index is 13.0. The molecule has 4 rings (SSSR count). The summed E-state index contributed by atoms with van der Waals surface area (Å²) in [4.78, 5) is 22.6. The van der Waals surface area contributed by atoms with E-state index < -0.39 is 0 Å². The number of rotatable bonds is 2. The minimum atomic E-state index is 0.0642. The smallest absolute Gasteiger partial charge is 0.271 e. The van der Waals surface area contributed by atoms with Gasteiger partial charge in [0, 0.05) is 42.8 Å². The number of carbonyl (C=O) groups excluding carboxylic acids is 1. The molecule has 0 spiro atoms. The van der Waals surface area contributed by atoms with Gasteiger partial charge in [-0.3, -0.25) is 9.20 Å². The summed E-state index contributed by atoms with van der Waals surface area (Å²) in [5.41, 5.74) is 2.34. The van der Waals surface area contributed by atoms with Gasteiger partial charge in [-0.05, 0) is 20.0 Å². The van der Waals surface area contributed by atoms with Crippen LogP contribution in [0.4, 0.5) is 0 Å². The zero-order valence-corrected chi connectivity index (χ0v) is 15.7. The maximum absolute atomic E-state index is 13.0. The summed E-state index contributed by atoms with van der Waals surface area (Å²) in [5, 5.41) is 2.55. The van der Waals surface area contributed by atoms with E-state index in [0.717, 1.165) is 35.9 Å². The van der Waals surface area contributed by atoms with Crippen LogP contribution in [0.15, 0.2) is 35.8 Å². The highest BCUT2D eigenvalue weighted by molar-refractivity contribution is 7.15. The number of aromatic nitrogens is 2. The van der Waals surface area contributed by atoms with Gasteiger partial charge in [-0.25, -0.2) is 4.98 Å². The van der Waals surface area contributed by atoms with E-state index in [-0.39, 0.29) is 5.91 Å². The largest absolute Gasteiger partial charge is 0.334 e. The van der Waals surface area contributed by atoms with Crippen LogP contribution < -0.4 is 0 Å². The highest BCUT2D eigenvalue weighted by atomic mass is 35.5. The summed E-state index contributed by atoms with van der Waals surface area (Å²) in [6.07, 6.45) is 1.90. The molecule has 5 nitrogen and oxygen atoms in total. The van der Waals surface area contributed by atoms with E-state index in [2.05, 4.69) is 23.9 Å². The van der Waals surface area contributed by atoms with Crippen LogP contribution in [0.5, 0.6) is 0 Å². The molecule has 130 valence electrons. The van der Waals surface area contributed by atoms with Crippen LogP contribution in [0.25, 0.3) is 16.2 Å². The van der Waals surface area contributed by atoms with Gasteiger partial charge < -0.3 is 9.80 Å². The molecular weight excluding hydrogens is 356 g/mol. The van der Waals surface area contributed by atoms with Crippen LogP contribution in [0.1, 0.15) is 17.4 Å². The third-order valence-electron chi connectivity index (χ3n) is 4.82. The number of fused-ring (bicyclic) bond motifs is 1. The Morgan fingerprint density at radius 1 is 1.32 bits per heavy atom. The lowest BCUT2D eigenvalue weighted by atomic mass is 10.2. The molecule has 1 amide bonds. The summed E-state index contributed by atoms with van der Waals surface area (Å²) in [7, 11) is 2.10. The van der Waals surface area contributed by atoms with Crippen molar-refractivity contribution < 1.29 is 4.79 Å². The monoisotopic (exact) mass is 374 g/mol. The standard InChI is InChI=1S/C18H19ClN4OS/c1-12-9-22(8-7-21(12)2)17(24)16-11-25-18-20-15(10-23(16)18)13-5-3-4-6-14(13)19/h3-6,10-12H,7-9H2,1-2H3/t12-/m0/s1. The number of imidazole rings is 1. The first kappa shape index (κ1) is 16.6. The van der Waals surface area contributed by atoms with Crippen LogP contribution in [-0.4, -0.2) is 57.8 Å². The van der Waals surface area contributed by atoms with Crippen molar-refractivity contribution in [2.45, 2.75) is 13.0 Å². The van der Waals surface area contributed by atoms with E-state index in [9.17, 15) is 4.79 Å². The van der Waals surface area contributed by atoms with Crippen LogP contribution in [0.3, 0.4) is 0 Å². The van der Waals surface area contributed by atoms with Gasteiger partial charge in [0.1, 0.15) is 5.69 Å². The number of amides is 1. The van der Waals surface area contributed by atoms with Crippen molar-refractivity contribution in [1.82, 2.24) is 19.2 Å². The van der Waals surface area contributed by atoms with Gasteiger partial charge in [0.2, 0.25) is 0 Å². The molecule has 1 aromatic carbocycles. The fourth-order valence-electron chi connectivity index (χ4n) is 3.13. The topological polar surface area (TPSA) is 40.9 Å². The minimum Gasteiger partial charge on any atom is -0.334 e. The second kappa shape index (κ2) is 6.44. The Kier molecular flexibility index (Phi) is 4.27. The first-order valence-electron chi connectivity index (χ1n) is 8.25. The van der Waals surface area contributed by atoms with Crippen molar-refractivity contribution >= 4 is 33.8 Å². The van der Waals surface area contributed by atoms with Crippen LogP contribution in [-0.2, 0) is 0 Å². The van der Waals surface area contributed by atoms with E-state index in [1.54, 1.807) is 0 Å². The van der Waals surface area contributed by atoms with Crippen molar-refractivity contribution in [2.75, 3.05) is 26.7 Å². The molecule has 25 heavy (non-hydrogen) atoms. The quantitative estimate of drug-likeness (QED) is 0.689. The molecular formula is C18H19ClN4OS.